The van der Waals surface area contributed by atoms with Crippen molar-refractivity contribution in [3.05, 3.63) is 77.4 Å². The molecule has 0 aliphatic heterocycles. The van der Waals surface area contributed by atoms with Gasteiger partial charge in [-0.25, -0.2) is 5.09 Å². The third-order valence-electron chi connectivity index (χ3n) is 4.63. The van der Waals surface area contributed by atoms with Crippen molar-refractivity contribution in [2.45, 2.75) is 32.9 Å². The summed E-state index contributed by atoms with van der Waals surface area (Å²) in [6, 6.07) is 14.2. The topological polar surface area (TPSA) is 64.6 Å². The van der Waals surface area contributed by atoms with Gasteiger partial charge in [-0.2, -0.15) is 0 Å². The van der Waals surface area contributed by atoms with E-state index in [1.807, 2.05) is 74.5 Å². The molecule has 0 aromatic heterocycles. The second-order valence-electron chi connectivity index (χ2n) is 7.39. The van der Waals surface area contributed by atoms with E-state index in [-0.39, 0.29) is 12.5 Å². The summed E-state index contributed by atoms with van der Waals surface area (Å²) in [5.41, 5.74) is 2.72. The average Bonchev–Trinajstić information content (AvgIpc) is 2.97. The zero-order valence-corrected chi connectivity index (χ0v) is 19.0. The van der Waals surface area contributed by atoms with E-state index in [2.05, 4.69) is 21.1 Å². The molecule has 155 valence electrons. The fourth-order valence-electron chi connectivity index (χ4n) is 3.06. The van der Waals surface area contributed by atoms with Crippen LogP contribution in [0, 0.1) is 5.92 Å². The van der Waals surface area contributed by atoms with Crippen molar-refractivity contribution < 1.29 is 18.6 Å². The summed E-state index contributed by atoms with van der Waals surface area (Å²) in [5.74, 6) is -0.163. The van der Waals surface area contributed by atoms with Crippen molar-refractivity contribution in [2.75, 3.05) is 0 Å². The maximum atomic E-state index is 13.2. The van der Waals surface area contributed by atoms with Crippen LogP contribution in [0.4, 0.5) is 0 Å². The van der Waals surface area contributed by atoms with Crippen molar-refractivity contribution >= 4 is 35.1 Å². The fraction of sp³-hybridized carbons (Fsp3) is 0.261. The molecule has 3 radical (unpaired) electrons. The molecule has 2 aromatic carbocycles. The highest BCUT2D eigenvalue weighted by atomic mass is 31.4. The van der Waals surface area contributed by atoms with Gasteiger partial charge in [-0.05, 0) is 29.5 Å². The van der Waals surface area contributed by atoms with Gasteiger partial charge in [0.1, 0.15) is 18.4 Å². The molecular weight excluding hydrogens is 413 g/mol. The summed E-state index contributed by atoms with van der Waals surface area (Å²) in [5, 5.41) is 2.83. The summed E-state index contributed by atoms with van der Waals surface area (Å²) < 4.78 is 24.4. The standard InChI is InChI=1S/C23H25NO4PSi/c1-17(2)22(23(25)27-16-18-10-5-3-6-11-18)24-29(26,30)28-21-15-9-13-19-12-7-4-8-14-20(19)21/h3,5-15,17,22H,4,16H2,1-2H3,(H,24,26)/t22-,29?/m0/s1. The minimum atomic E-state index is -3.54. The van der Waals surface area contributed by atoms with Crippen molar-refractivity contribution in [3.63, 3.8) is 0 Å². The number of ether oxygens (including phenoxy) is 1. The van der Waals surface area contributed by atoms with Crippen molar-refractivity contribution in [1.29, 1.82) is 0 Å². The molecule has 0 heterocycles. The lowest BCUT2D eigenvalue weighted by Gasteiger charge is -2.26. The van der Waals surface area contributed by atoms with Crippen LogP contribution in [0.15, 0.2) is 60.7 Å². The SMILES string of the molecule is CC(C)[C@H](NP(=O)([Si])Oc1cccc2c1C=CCC=C2)C(=O)OCc1ccccc1. The molecule has 0 amide bonds. The molecule has 1 aliphatic rings. The molecule has 30 heavy (non-hydrogen) atoms. The van der Waals surface area contributed by atoms with Crippen molar-refractivity contribution in [3.8, 4) is 5.75 Å². The van der Waals surface area contributed by atoms with Crippen LogP contribution in [-0.2, 0) is 20.7 Å². The fourth-order valence-corrected chi connectivity index (χ4v) is 5.04. The van der Waals surface area contributed by atoms with Gasteiger partial charge in [0.25, 0.3) is 7.07 Å². The Kier molecular flexibility index (Phi) is 7.48. The highest BCUT2D eigenvalue weighted by Gasteiger charge is 2.31. The van der Waals surface area contributed by atoms with E-state index in [1.54, 1.807) is 6.07 Å². The molecule has 2 aromatic rings. The quantitative estimate of drug-likeness (QED) is 0.352. The first-order chi connectivity index (χ1) is 14.4. The molecule has 1 N–H and O–H groups in total. The zero-order valence-electron chi connectivity index (χ0n) is 17.1. The van der Waals surface area contributed by atoms with Crippen molar-refractivity contribution in [2.24, 2.45) is 5.92 Å². The largest absolute Gasteiger partial charge is 0.460 e. The lowest BCUT2D eigenvalue weighted by atomic mass is 10.1. The van der Waals surface area contributed by atoms with Crippen LogP contribution in [0.3, 0.4) is 0 Å². The molecule has 0 fully saturated rings. The van der Waals surface area contributed by atoms with E-state index in [9.17, 15) is 9.36 Å². The predicted molar refractivity (Wildman–Crippen MR) is 121 cm³/mol. The van der Waals surface area contributed by atoms with Crippen molar-refractivity contribution in [1.82, 2.24) is 5.09 Å². The normalized spacial score (nSPS) is 15.7. The second-order valence-corrected chi connectivity index (χ2v) is 10.7. The molecule has 1 unspecified atom stereocenters. The number of fused-ring (bicyclic) bond motifs is 1. The molecule has 2 atom stereocenters. The number of carbonyl (C=O) groups is 1. The second kappa shape index (κ2) is 10.1. The maximum Gasteiger partial charge on any atom is 0.324 e. The third-order valence-corrected chi connectivity index (χ3v) is 6.37. The minimum absolute atomic E-state index is 0.154. The van der Waals surface area contributed by atoms with Crippen LogP contribution in [0.2, 0.25) is 0 Å². The van der Waals surface area contributed by atoms with Crippen LogP contribution in [0.25, 0.3) is 12.2 Å². The van der Waals surface area contributed by atoms with Gasteiger partial charge in [-0.3, -0.25) is 9.36 Å². The van der Waals surface area contributed by atoms with Gasteiger partial charge in [0.15, 0.2) is 0 Å². The highest BCUT2D eigenvalue weighted by molar-refractivity contribution is 7.82. The van der Waals surface area contributed by atoms with E-state index >= 15 is 0 Å². The molecule has 5 nitrogen and oxygen atoms in total. The van der Waals surface area contributed by atoms with E-state index < -0.39 is 19.1 Å². The lowest BCUT2D eigenvalue weighted by Crippen LogP contribution is -2.41. The van der Waals surface area contributed by atoms with Gasteiger partial charge >= 0.3 is 5.97 Å². The Labute approximate surface area is 181 Å². The Bertz CT molecular complexity index is 988. The molecule has 0 bridgehead atoms. The molecule has 3 rings (SSSR count). The molecule has 7 heteroatoms. The summed E-state index contributed by atoms with van der Waals surface area (Å²) in [4.78, 5) is 12.7. The number of allylic oxidation sites excluding steroid dienone is 2. The summed E-state index contributed by atoms with van der Waals surface area (Å²) >= 11 is 0. The molecule has 0 saturated heterocycles. The van der Waals surface area contributed by atoms with E-state index in [4.69, 9.17) is 9.26 Å². The monoisotopic (exact) mass is 438 g/mol. The van der Waals surface area contributed by atoms with Gasteiger partial charge < -0.3 is 9.26 Å². The smallest absolute Gasteiger partial charge is 0.324 e. The van der Waals surface area contributed by atoms with E-state index in [1.165, 1.54) is 0 Å². The summed E-state index contributed by atoms with van der Waals surface area (Å²) in [6.45, 7) is 3.87. The van der Waals surface area contributed by atoms with Gasteiger partial charge in [0, 0.05) is 5.56 Å². The average molecular weight is 439 g/mol. The minimum Gasteiger partial charge on any atom is -0.460 e. The van der Waals surface area contributed by atoms with Gasteiger partial charge in [-0.1, -0.05) is 80.6 Å². The number of rotatable bonds is 8. The molecule has 1 aliphatic carbocycles. The molecule has 0 spiro atoms. The Morgan fingerprint density at radius 3 is 2.57 bits per heavy atom. The van der Waals surface area contributed by atoms with Crippen LogP contribution in [0.1, 0.15) is 37.0 Å². The lowest BCUT2D eigenvalue weighted by molar-refractivity contribution is -0.148. The van der Waals surface area contributed by atoms with Gasteiger partial charge in [0.05, 0.1) is 0 Å². The first-order valence-electron chi connectivity index (χ1n) is 9.85. The predicted octanol–water partition coefficient (Wildman–Crippen LogP) is 5.13. The van der Waals surface area contributed by atoms with Crippen LogP contribution in [0.5, 0.6) is 5.75 Å². The number of benzene rings is 2. The highest BCUT2D eigenvalue weighted by Crippen LogP contribution is 2.42. The van der Waals surface area contributed by atoms with E-state index in [0.29, 0.717) is 5.75 Å². The van der Waals surface area contributed by atoms with Crippen LogP contribution >= 0.6 is 7.07 Å². The number of hydrogen-bond acceptors (Lipinski definition) is 4. The Morgan fingerprint density at radius 2 is 1.83 bits per heavy atom. The van der Waals surface area contributed by atoms with Gasteiger partial charge in [0.2, 0.25) is 9.91 Å². The number of esters is 1. The van der Waals surface area contributed by atoms with Crippen LogP contribution < -0.4 is 9.61 Å². The molecular formula is C23H25NO4PSi. The first-order valence-corrected chi connectivity index (χ1v) is 12.8. The maximum absolute atomic E-state index is 13.2. The summed E-state index contributed by atoms with van der Waals surface area (Å²) in [6.07, 6.45) is 8.84. The van der Waals surface area contributed by atoms with Gasteiger partial charge in [-0.15, -0.1) is 0 Å². The first kappa shape index (κ1) is 22.3. The Morgan fingerprint density at radius 1 is 1.10 bits per heavy atom. The third kappa shape index (κ3) is 6.05. The molecule has 0 saturated carbocycles. The summed E-state index contributed by atoms with van der Waals surface area (Å²) in [7, 11) is -0.304. The number of hydrogen-bond donors (Lipinski definition) is 1. The van der Waals surface area contributed by atoms with Crippen LogP contribution in [-0.4, -0.2) is 21.9 Å². The zero-order chi connectivity index (χ0) is 21.6. The number of nitrogens with one attached hydrogen (secondary N) is 1. The Balaban J connectivity index is 1.71. The number of carbonyl (C=O) groups excluding carboxylic acids is 1. The van der Waals surface area contributed by atoms with E-state index in [0.717, 1.165) is 23.1 Å². The Hall–Kier alpha value is -2.40.